The average molecular weight is 287 g/mol. The van der Waals surface area contributed by atoms with Crippen LogP contribution in [0.5, 0.6) is 5.75 Å². The lowest BCUT2D eigenvalue weighted by molar-refractivity contribution is -0.0461. The van der Waals surface area contributed by atoms with E-state index >= 15 is 0 Å². The van der Waals surface area contributed by atoms with Gasteiger partial charge >= 0.3 is 0 Å². The Morgan fingerprint density at radius 1 is 1.31 bits per heavy atom. The second-order valence-electron chi connectivity index (χ2n) is 3.92. The second kappa shape index (κ2) is 5.17. The number of halogens is 1. The number of benzene rings is 1. The summed E-state index contributed by atoms with van der Waals surface area (Å²) in [5.74, 6) is 0.816. The molecule has 0 spiro atoms. The molecule has 1 aliphatic heterocycles. The Morgan fingerprint density at radius 3 is 2.62 bits per heavy atom. The van der Waals surface area contributed by atoms with Crippen LogP contribution in [0.4, 0.5) is 0 Å². The van der Waals surface area contributed by atoms with Crippen molar-refractivity contribution in [2.45, 2.75) is 26.2 Å². The number of hydrogen-bond donors (Lipinski definition) is 0. The van der Waals surface area contributed by atoms with Crippen molar-refractivity contribution in [2.24, 2.45) is 0 Å². The summed E-state index contributed by atoms with van der Waals surface area (Å²) in [7, 11) is 0. The van der Waals surface area contributed by atoms with Crippen molar-refractivity contribution in [1.82, 2.24) is 0 Å². The van der Waals surface area contributed by atoms with Gasteiger partial charge in [-0.1, -0.05) is 15.9 Å². The Bertz CT molecular complexity index is 359. The highest BCUT2D eigenvalue weighted by Gasteiger charge is 2.22. The summed E-state index contributed by atoms with van der Waals surface area (Å²) in [6.45, 7) is 5.28. The van der Waals surface area contributed by atoms with Crippen LogP contribution >= 0.6 is 15.9 Å². The highest BCUT2D eigenvalue weighted by molar-refractivity contribution is 9.10. The molecule has 0 bridgehead atoms. The number of rotatable bonds is 3. The minimum absolute atomic E-state index is 0.134. The van der Waals surface area contributed by atoms with E-state index in [0.29, 0.717) is 13.2 Å². The summed E-state index contributed by atoms with van der Waals surface area (Å²) in [4.78, 5) is 0. The molecule has 0 N–H and O–H groups in total. The van der Waals surface area contributed by atoms with Gasteiger partial charge in [-0.05, 0) is 32.0 Å². The maximum absolute atomic E-state index is 5.75. The fourth-order valence-corrected chi connectivity index (χ4v) is 1.94. The zero-order valence-corrected chi connectivity index (χ0v) is 11.0. The zero-order valence-electron chi connectivity index (χ0n) is 9.40. The Morgan fingerprint density at radius 2 is 2.00 bits per heavy atom. The molecular weight excluding hydrogens is 272 g/mol. The van der Waals surface area contributed by atoms with E-state index in [4.69, 9.17) is 14.2 Å². The van der Waals surface area contributed by atoms with E-state index in [0.717, 1.165) is 15.8 Å². The second-order valence-corrected chi connectivity index (χ2v) is 4.84. The minimum atomic E-state index is -0.290. The maximum Gasteiger partial charge on any atom is 0.187 e. The van der Waals surface area contributed by atoms with Crippen molar-refractivity contribution in [2.75, 3.05) is 13.2 Å². The molecule has 3 nitrogen and oxygen atoms in total. The number of ether oxygens (including phenoxy) is 3. The van der Waals surface area contributed by atoms with Crippen LogP contribution in [-0.4, -0.2) is 19.3 Å². The lowest BCUT2D eigenvalue weighted by atomic mass is 10.2. The van der Waals surface area contributed by atoms with Gasteiger partial charge in [-0.15, -0.1) is 0 Å². The van der Waals surface area contributed by atoms with Crippen LogP contribution in [0.25, 0.3) is 0 Å². The van der Waals surface area contributed by atoms with Crippen LogP contribution in [0, 0.1) is 0 Å². The van der Waals surface area contributed by atoms with Crippen molar-refractivity contribution in [3.8, 4) is 5.75 Å². The van der Waals surface area contributed by atoms with Crippen molar-refractivity contribution < 1.29 is 14.2 Å². The molecule has 1 fully saturated rings. The Hall–Kier alpha value is -0.580. The zero-order chi connectivity index (χ0) is 11.5. The smallest absolute Gasteiger partial charge is 0.187 e. The molecule has 0 unspecified atom stereocenters. The van der Waals surface area contributed by atoms with E-state index in [9.17, 15) is 0 Å². The van der Waals surface area contributed by atoms with Gasteiger partial charge in [-0.3, -0.25) is 0 Å². The van der Waals surface area contributed by atoms with Gasteiger partial charge in [0.15, 0.2) is 6.29 Å². The normalized spacial score (nSPS) is 17.0. The van der Waals surface area contributed by atoms with Gasteiger partial charge in [0.1, 0.15) is 5.75 Å². The van der Waals surface area contributed by atoms with Crippen LogP contribution in [0.2, 0.25) is 0 Å². The molecule has 0 saturated carbocycles. The van der Waals surface area contributed by atoms with E-state index in [2.05, 4.69) is 15.9 Å². The monoisotopic (exact) mass is 286 g/mol. The molecule has 1 aromatic rings. The average Bonchev–Trinajstić information content (AvgIpc) is 2.69. The Kier molecular flexibility index (Phi) is 3.84. The highest BCUT2D eigenvalue weighted by Crippen LogP contribution is 2.33. The third kappa shape index (κ3) is 2.75. The van der Waals surface area contributed by atoms with E-state index in [1.165, 1.54) is 0 Å². The first kappa shape index (κ1) is 11.9. The van der Waals surface area contributed by atoms with Gasteiger partial charge < -0.3 is 14.2 Å². The molecule has 1 heterocycles. The lowest BCUT2D eigenvalue weighted by Gasteiger charge is -2.17. The molecule has 2 rings (SSSR count). The van der Waals surface area contributed by atoms with Crippen molar-refractivity contribution >= 4 is 15.9 Å². The molecule has 16 heavy (non-hydrogen) atoms. The molecule has 4 heteroatoms. The van der Waals surface area contributed by atoms with E-state index in [1.807, 2.05) is 32.0 Å². The largest absolute Gasteiger partial charge is 0.490 e. The molecule has 0 aliphatic carbocycles. The summed E-state index contributed by atoms with van der Waals surface area (Å²) in [6, 6.07) is 5.88. The summed E-state index contributed by atoms with van der Waals surface area (Å²) < 4.78 is 17.7. The number of hydrogen-bond acceptors (Lipinski definition) is 3. The summed E-state index contributed by atoms with van der Waals surface area (Å²) in [5, 5.41) is 0. The highest BCUT2D eigenvalue weighted by atomic mass is 79.9. The molecule has 0 radical (unpaired) electrons. The predicted molar refractivity (Wildman–Crippen MR) is 64.6 cm³/mol. The van der Waals surface area contributed by atoms with Gasteiger partial charge in [0.05, 0.1) is 19.3 Å². The van der Waals surface area contributed by atoms with Crippen molar-refractivity contribution in [3.63, 3.8) is 0 Å². The summed E-state index contributed by atoms with van der Waals surface area (Å²) >= 11 is 3.43. The van der Waals surface area contributed by atoms with Crippen LogP contribution in [-0.2, 0) is 9.47 Å². The van der Waals surface area contributed by atoms with Crippen LogP contribution < -0.4 is 4.74 Å². The molecule has 0 atom stereocenters. The van der Waals surface area contributed by atoms with Gasteiger partial charge in [-0.2, -0.15) is 0 Å². The minimum Gasteiger partial charge on any atom is -0.490 e. The Labute approximate surface area is 104 Å². The first-order valence-corrected chi connectivity index (χ1v) is 6.15. The van der Waals surface area contributed by atoms with Crippen molar-refractivity contribution in [1.29, 1.82) is 0 Å². The van der Waals surface area contributed by atoms with E-state index in [-0.39, 0.29) is 12.4 Å². The summed E-state index contributed by atoms with van der Waals surface area (Å²) in [5.41, 5.74) is 0.953. The van der Waals surface area contributed by atoms with Crippen LogP contribution in [0.1, 0.15) is 25.7 Å². The Balaban J connectivity index is 2.27. The van der Waals surface area contributed by atoms with Crippen LogP contribution in [0.15, 0.2) is 22.7 Å². The standard InChI is InChI=1S/C12H15BrO3/c1-8(2)16-11-7-9(13)3-4-10(11)12-14-5-6-15-12/h3-4,7-8,12H,5-6H2,1-2H3. The first-order valence-electron chi connectivity index (χ1n) is 5.36. The van der Waals surface area contributed by atoms with Crippen molar-refractivity contribution in [3.05, 3.63) is 28.2 Å². The topological polar surface area (TPSA) is 27.7 Å². The molecule has 1 aliphatic rings. The van der Waals surface area contributed by atoms with E-state index in [1.54, 1.807) is 0 Å². The maximum atomic E-state index is 5.75. The molecule has 0 aromatic heterocycles. The van der Waals surface area contributed by atoms with Crippen LogP contribution in [0.3, 0.4) is 0 Å². The molecule has 0 amide bonds. The molecule has 88 valence electrons. The first-order chi connectivity index (χ1) is 7.66. The fourth-order valence-electron chi connectivity index (χ4n) is 1.60. The lowest BCUT2D eigenvalue weighted by Crippen LogP contribution is -2.09. The quantitative estimate of drug-likeness (QED) is 0.854. The third-order valence-electron chi connectivity index (χ3n) is 2.21. The van der Waals surface area contributed by atoms with Gasteiger partial charge in [-0.25, -0.2) is 0 Å². The van der Waals surface area contributed by atoms with Gasteiger partial charge in [0.25, 0.3) is 0 Å². The van der Waals surface area contributed by atoms with E-state index < -0.39 is 0 Å². The molecular formula is C12H15BrO3. The molecule has 1 aromatic carbocycles. The summed E-state index contributed by atoms with van der Waals surface area (Å²) in [6.07, 6.45) is -0.156. The predicted octanol–water partition coefficient (Wildman–Crippen LogP) is 3.28. The fraction of sp³-hybridized carbons (Fsp3) is 0.500. The SMILES string of the molecule is CC(C)Oc1cc(Br)ccc1C1OCCO1. The van der Waals surface area contributed by atoms with Gasteiger partial charge in [0, 0.05) is 10.0 Å². The third-order valence-corrected chi connectivity index (χ3v) is 2.71. The molecule has 1 saturated heterocycles. The van der Waals surface area contributed by atoms with Gasteiger partial charge in [0.2, 0.25) is 0 Å².